The SMILES string of the molecule is CCC(=O)O[C@]1(C(=O)SCC#CCO)[C@H](C)CC2C3C[C@H](F)C4=CC(=O)C=C[C@]4(C)[C@@]3(F)C(O)C[C@@]21C. The molecule has 2 N–H and O–H groups in total. The number of esters is 1. The van der Waals surface area contributed by atoms with Crippen molar-refractivity contribution in [3.63, 3.8) is 0 Å². The van der Waals surface area contributed by atoms with Crippen molar-refractivity contribution < 1.29 is 38.1 Å². The maximum Gasteiger partial charge on any atom is 0.306 e. The average molecular weight is 537 g/mol. The number of hydrogen-bond acceptors (Lipinski definition) is 7. The Kier molecular flexibility index (Phi) is 7.28. The monoisotopic (exact) mass is 536 g/mol. The first kappa shape index (κ1) is 28.0. The molecule has 0 aliphatic heterocycles. The van der Waals surface area contributed by atoms with Crippen LogP contribution in [0.1, 0.15) is 53.4 Å². The molecule has 3 saturated carbocycles. The van der Waals surface area contributed by atoms with Crippen LogP contribution in [0.5, 0.6) is 0 Å². The lowest BCUT2D eigenvalue weighted by atomic mass is 9.44. The molecule has 37 heavy (non-hydrogen) atoms. The molecule has 6 nitrogen and oxygen atoms in total. The highest BCUT2D eigenvalue weighted by Gasteiger charge is 2.78. The summed E-state index contributed by atoms with van der Waals surface area (Å²) in [6.45, 7) is 6.30. The van der Waals surface area contributed by atoms with Gasteiger partial charge in [0.2, 0.25) is 5.12 Å². The summed E-state index contributed by atoms with van der Waals surface area (Å²) in [4.78, 5) is 38.5. The van der Waals surface area contributed by atoms with Gasteiger partial charge in [0.1, 0.15) is 12.8 Å². The predicted octanol–water partition coefficient (Wildman–Crippen LogP) is 3.50. The van der Waals surface area contributed by atoms with Crippen LogP contribution in [0.4, 0.5) is 8.78 Å². The number of fused-ring (bicyclic) bond motifs is 5. The molecular weight excluding hydrogens is 502 g/mol. The minimum Gasteiger partial charge on any atom is -0.449 e. The second kappa shape index (κ2) is 9.62. The van der Waals surface area contributed by atoms with Crippen LogP contribution in [0.25, 0.3) is 0 Å². The first-order valence-electron chi connectivity index (χ1n) is 12.7. The van der Waals surface area contributed by atoms with E-state index in [4.69, 9.17) is 9.84 Å². The van der Waals surface area contributed by atoms with Crippen molar-refractivity contribution in [3.8, 4) is 11.8 Å². The third kappa shape index (κ3) is 3.77. The normalized spacial score (nSPS) is 44.1. The summed E-state index contributed by atoms with van der Waals surface area (Å²) in [5, 5.41) is 20.0. The van der Waals surface area contributed by atoms with Crippen molar-refractivity contribution in [2.45, 2.75) is 76.9 Å². The van der Waals surface area contributed by atoms with E-state index < -0.39 is 69.0 Å². The van der Waals surface area contributed by atoms with Gasteiger partial charge in [-0.2, -0.15) is 0 Å². The van der Waals surface area contributed by atoms with E-state index >= 15 is 8.78 Å². The summed E-state index contributed by atoms with van der Waals surface area (Å²) in [5.41, 5.74) is -6.62. The summed E-state index contributed by atoms with van der Waals surface area (Å²) in [5.74, 6) is 2.14. The molecule has 3 fully saturated rings. The van der Waals surface area contributed by atoms with Gasteiger partial charge in [-0.05, 0) is 49.8 Å². The smallest absolute Gasteiger partial charge is 0.306 e. The lowest BCUT2D eigenvalue weighted by Crippen LogP contribution is -2.70. The van der Waals surface area contributed by atoms with Gasteiger partial charge in [-0.15, -0.1) is 0 Å². The molecule has 9 atom stereocenters. The highest BCUT2D eigenvalue weighted by Crippen LogP contribution is 2.72. The van der Waals surface area contributed by atoms with Crippen LogP contribution in [0, 0.1) is 40.4 Å². The molecule has 4 aliphatic rings. The Morgan fingerprint density at radius 2 is 1.95 bits per heavy atom. The Hall–Kier alpha value is -2.02. The zero-order valence-corrected chi connectivity index (χ0v) is 22.4. The summed E-state index contributed by atoms with van der Waals surface area (Å²) >= 11 is 0.863. The Bertz CT molecular complexity index is 1130. The number of carbonyl (C=O) groups is 3. The van der Waals surface area contributed by atoms with Crippen LogP contribution in [0.3, 0.4) is 0 Å². The number of rotatable bonds is 4. The fraction of sp³-hybridized carbons (Fsp3) is 0.679. The van der Waals surface area contributed by atoms with Gasteiger partial charge in [0.05, 0.1) is 11.9 Å². The molecule has 0 aromatic rings. The molecule has 0 radical (unpaired) electrons. The molecule has 0 aromatic carbocycles. The van der Waals surface area contributed by atoms with E-state index in [-0.39, 0.29) is 37.2 Å². The van der Waals surface area contributed by atoms with Gasteiger partial charge >= 0.3 is 5.97 Å². The van der Waals surface area contributed by atoms with Gasteiger partial charge in [0, 0.05) is 29.1 Å². The van der Waals surface area contributed by atoms with Crippen LogP contribution in [0.2, 0.25) is 0 Å². The molecule has 4 aliphatic carbocycles. The minimum absolute atomic E-state index is 0.0219. The molecule has 0 saturated heterocycles. The molecule has 202 valence electrons. The van der Waals surface area contributed by atoms with Gasteiger partial charge in [0.15, 0.2) is 17.1 Å². The van der Waals surface area contributed by atoms with Gasteiger partial charge in [0.25, 0.3) is 0 Å². The van der Waals surface area contributed by atoms with Crippen LogP contribution in [-0.2, 0) is 19.1 Å². The Balaban J connectivity index is 1.82. The summed E-state index contributed by atoms with van der Waals surface area (Å²) in [6, 6.07) is 0. The maximum atomic E-state index is 17.4. The third-order valence-electron chi connectivity index (χ3n) is 9.51. The second-order valence-electron chi connectivity index (χ2n) is 11.1. The quantitative estimate of drug-likeness (QED) is 0.419. The fourth-order valence-corrected chi connectivity index (χ4v) is 8.78. The molecular formula is C28H34F2O6S. The van der Waals surface area contributed by atoms with Crippen molar-refractivity contribution in [1.29, 1.82) is 0 Å². The van der Waals surface area contributed by atoms with Crippen LogP contribution >= 0.6 is 11.8 Å². The summed E-state index contributed by atoms with van der Waals surface area (Å²) < 4.78 is 39.0. The van der Waals surface area contributed by atoms with Gasteiger partial charge < -0.3 is 14.9 Å². The van der Waals surface area contributed by atoms with E-state index in [0.29, 0.717) is 6.42 Å². The first-order chi connectivity index (χ1) is 17.3. The van der Waals surface area contributed by atoms with Crippen molar-refractivity contribution >= 4 is 28.6 Å². The molecule has 0 amide bonds. The van der Waals surface area contributed by atoms with Crippen LogP contribution < -0.4 is 0 Å². The van der Waals surface area contributed by atoms with Gasteiger partial charge in [-0.25, -0.2) is 8.78 Å². The lowest BCUT2D eigenvalue weighted by molar-refractivity contribution is -0.228. The molecule has 0 aromatic heterocycles. The van der Waals surface area contributed by atoms with E-state index in [1.807, 2.05) is 0 Å². The number of carbonyl (C=O) groups excluding carboxylic acids is 3. The zero-order valence-electron chi connectivity index (χ0n) is 21.6. The number of hydrogen-bond donors (Lipinski definition) is 2. The maximum absolute atomic E-state index is 17.4. The van der Waals surface area contributed by atoms with E-state index in [9.17, 15) is 19.5 Å². The zero-order chi connectivity index (χ0) is 27.4. The Morgan fingerprint density at radius 3 is 2.59 bits per heavy atom. The number of alkyl halides is 2. The number of ketones is 1. The lowest BCUT2D eigenvalue weighted by Gasteiger charge is -2.63. The highest BCUT2D eigenvalue weighted by molar-refractivity contribution is 8.14. The van der Waals surface area contributed by atoms with Gasteiger partial charge in [-0.1, -0.05) is 50.4 Å². The summed E-state index contributed by atoms with van der Waals surface area (Å²) in [6.07, 6.45) is 0.438. The molecule has 4 rings (SSSR count). The second-order valence-corrected chi connectivity index (χ2v) is 12.1. The van der Waals surface area contributed by atoms with Crippen molar-refractivity contribution in [2.75, 3.05) is 12.4 Å². The number of aliphatic hydroxyl groups excluding tert-OH is 2. The molecule has 0 bridgehead atoms. The third-order valence-corrected chi connectivity index (χ3v) is 10.4. The molecule has 3 unspecified atom stereocenters. The number of allylic oxidation sites excluding steroid dienone is 4. The van der Waals surface area contributed by atoms with Gasteiger partial charge in [-0.3, -0.25) is 14.4 Å². The van der Waals surface area contributed by atoms with Crippen molar-refractivity contribution in [2.24, 2.45) is 28.6 Å². The number of aliphatic hydroxyl groups is 2. The molecule has 9 heteroatoms. The van der Waals surface area contributed by atoms with Crippen molar-refractivity contribution in [1.82, 2.24) is 0 Å². The van der Waals surface area contributed by atoms with E-state index in [0.717, 1.165) is 17.8 Å². The summed E-state index contributed by atoms with van der Waals surface area (Å²) in [7, 11) is 0. The fourth-order valence-electron chi connectivity index (χ4n) is 7.79. The van der Waals surface area contributed by atoms with Crippen LogP contribution in [-0.4, -0.2) is 63.0 Å². The highest BCUT2D eigenvalue weighted by atomic mass is 32.2. The number of halogens is 2. The minimum atomic E-state index is -2.28. The number of ether oxygens (including phenoxy) is 1. The first-order valence-corrected chi connectivity index (χ1v) is 13.7. The van der Waals surface area contributed by atoms with Crippen LogP contribution in [0.15, 0.2) is 23.8 Å². The van der Waals surface area contributed by atoms with E-state index in [2.05, 4.69) is 11.8 Å². The molecule has 0 heterocycles. The predicted molar refractivity (Wildman–Crippen MR) is 135 cm³/mol. The van der Waals surface area contributed by atoms with Crippen molar-refractivity contribution in [3.05, 3.63) is 23.8 Å². The van der Waals surface area contributed by atoms with E-state index in [1.54, 1.807) is 20.8 Å². The molecule has 0 spiro atoms. The van der Waals surface area contributed by atoms with E-state index in [1.165, 1.54) is 19.1 Å². The Morgan fingerprint density at radius 1 is 1.24 bits per heavy atom. The largest absolute Gasteiger partial charge is 0.449 e. The topological polar surface area (TPSA) is 101 Å². The standard InChI is InChI=1S/C28H34F2O6S/c1-5-23(34)36-28(24(35)37-11-7-6-10-31)16(2)12-18-19-14-21(29)20-13-17(32)8-9-25(20,3)27(19,30)22(33)15-26(18,28)4/h8-9,13,16,18-19,21-22,31,33H,5,10-12,14-15H2,1-4H3/t16-,18?,19?,21+,22?,25+,26+,27+,28+/m1/s1. The Labute approximate surface area is 220 Å². The number of thioether (sulfide) groups is 1. The average Bonchev–Trinajstić information content (AvgIpc) is 3.06.